The quantitative estimate of drug-likeness (QED) is 0.229. The number of carboxylic acids is 1. The van der Waals surface area contributed by atoms with Crippen molar-refractivity contribution >= 4 is 17.5 Å². The van der Waals surface area contributed by atoms with Gasteiger partial charge in [0.1, 0.15) is 22.7 Å². The average molecular weight is 527 g/mol. The molecular weight excluding hydrogens is 480 g/mol. The highest BCUT2D eigenvalue weighted by Gasteiger charge is 2.58. The zero-order chi connectivity index (χ0) is 28.8. The Labute approximate surface area is 227 Å². The number of ether oxygens (including phenoxy) is 1. The highest BCUT2D eigenvalue weighted by Crippen LogP contribution is 2.60. The van der Waals surface area contributed by atoms with Gasteiger partial charge in [0.25, 0.3) is 0 Å². The predicted octanol–water partition coefficient (Wildman–Crippen LogP) is 7.27. The number of Topliss-reactive ketones (excluding diaryl/α,β-unsaturated/α-hetero) is 2. The Kier molecular flexibility index (Phi) is 8.27. The number of carbonyl (C=O) groups excluding carboxylic acids is 2. The molecule has 3 rings (SSSR count). The van der Waals surface area contributed by atoms with Crippen LogP contribution in [0.15, 0.2) is 46.5 Å². The van der Waals surface area contributed by atoms with E-state index in [1.165, 1.54) is 0 Å². The number of aliphatic carboxylic acids is 1. The van der Waals surface area contributed by atoms with Crippen molar-refractivity contribution in [1.82, 2.24) is 0 Å². The van der Waals surface area contributed by atoms with E-state index in [1.807, 2.05) is 33.8 Å². The molecule has 0 amide bonds. The molecule has 38 heavy (non-hydrogen) atoms. The average Bonchev–Trinajstić information content (AvgIpc) is 2.72. The number of hydrogen-bond donors (Lipinski definition) is 2. The van der Waals surface area contributed by atoms with Crippen molar-refractivity contribution < 1.29 is 29.3 Å². The second kappa shape index (κ2) is 10.5. The van der Waals surface area contributed by atoms with Crippen molar-refractivity contribution in [2.75, 3.05) is 0 Å². The van der Waals surface area contributed by atoms with Crippen LogP contribution in [0.25, 0.3) is 0 Å². The van der Waals surface area contributed by atoms with Crippen LogP contribution < -0.4 is 0 Å². The van der Waals surface area contributed by atoms with Gasteiger partial charge in [-0.3, -0.25) is 14.4 Å². The molecule has 2 N–H and O–H groups in total. The molecule has 2 aliphatic carbocycles. The second-order valence-corrected chi connectivity index (χ2v) is 13.4. The third-order valence-corrected chi connectivity index (χ3v) is 8.65. The highest BCUT2D eigenvalue weighted by atomic mass is 16.5. The summed E-state index contributed by atoms with van der Waals surface area (Å²) in [5.74, 6) is -2.04. The fourth-order valence-electron chi connectivity index (χ4n) is 7.33. The first kappa shape index (κ1) is 29.9. The van der Waals surface area contributed by atoms with Gasteiger partial charge in [-0.1, -0.05) is 51.0 Å². The molecule has 0 bridgehead atoms. The molecule has 1 saturated carbocycles. The molecule has 1 aliphatic heterocycles. The zero-order valence-electron chi connectivity index (χ0n) is 24.5. The Bertz CT molecular complexity index is 1130. The van der Waals surface area contributed by atoms with Gasteiger partial charge in [-0.15, -0.1) is 0 Å². The van der Waals surface area contributed by atoms with Crippen LogP contribution in [0, 0.1) is 28.6 Å². The largest absolute Gasteiger partial charge is 0.511 e. The van der Waals surface area contributed by atoms with E-state index in [0.717, 1.165) is 17.6 Å². The molecule has 0 radical (unpaired) electrons. The van der Waals surface area contributed by atoms with Crippen molar-refractivity contribution in [2.45, 2.75) is 106 Å². The van der Waals surface area contributed by atoms with Gasteiger partial charge in [0.2, 0.25) is 0 Å². The topological polar surface area (TPSA) is 101 Å². The van der Waals surface area contributed by atoms with Gasteiger partial charge in [-0.25, -0.2) is 0 Å². The van der Waals surface area contributed by atoms with Crippen molar-refractivity contribution in [3.63, 3.8) is 0 Å². The number of rotatable bonds is 10. The van der Waals surface area contributed by atoms with Gasteiger partial charge in [0.05, 0.1) is 18.3 Å². The lowest BCUT2D eigenvalue weighted by Crippen LogP contribution is -2.51. The van der Waals surface area contributed by atoms with E-state index in [9.17, 15) is 24.6 Å². The number of aliphatic hydroxyl groups is 1. The lowest BCUT2D eigenvalue weighted by molar-refractivity contribution is -0.137. The molecular formula is C32H46O6. The predicted molar refractivity (Wildman–Crippen MR) is 148 cm³/mol. The van der Waals surface area contributed by atoms with Gasteiger partial charge >= 0.3 is 5.97 Å². The molecule has 210 valence electrons. The van der Waals surface area contributed by atoms with E-state index in [0.29, 0.717) is 24.8 Å². The van der Waals surface area contributed by atoms with E-state index in [2.05, 4.69) is 20.4 Å². The lowest BCUT2D eigenvalue weighted by atomic mass is 9.49. The molecule has 0 aromatic heterocycles. The van der Waals surface area contributed by atoms with Crippen LogP contribution in [-0.2, 0) is 19.1 Å². The minimum atomic E-state index is -1.36. The van der Waals surface area contributed by atoms with Crippen LogP contribution in [-0.4, -0.2) is 33.3 Å². The highest BCUT2D eigenvalue weighted by molar-refractivity contribution is 6.25. The molecule has 3 aliphatic rings. The van der Waals surface area contributed by atoms with Crippen molar-refractivity contribution in [1.29, 1.82) is 0 Å². The van der Waals surface area contributed by atoms with Crippen molar-refractivity contribution in [3.05, 3.63) is 46.5 Å². The van der Waals surface area contributed by atoms with Crippen LogP contribution >= 0.6 is 0 Å². The smallest absolute Gasteiger partial charge is 0.303 e. The molecule has 1 heterocycles. The first-order valence-corrected chi connectivity index (χ1v) is 13.9. The van der Waals surface area contributed by atoms with Gasteiger partial charge in [-0.05, 0) is 77.6 Å². The molecule has 0 saturated heterocycles. The van der Waals surface area contributed by atoms with E-state index >= 15 is 0 Å². The Hall–Kier alpha value is -2.63. The molecule has 0 spiro atoms. The second-order valence-electron chi connectivity index (χ2n) is 13.4. The number of carbonyl (C=O) groups is 3. The van der Waals surface area contributed by atoms with Crippen LogP contribution in [0.5, 0.6) is 0 Å². The van der Waals surface area contributed by atoms with Crippen LogP contribution in [0.3, 0.4) is 0 Å². The van der Waals surface area contributed by atoms with E-state index in [1.54, 1.807) is 13.8 Å². The molecule has 4 atom stereocenters. The summed E-state index contributed by atoms with van der Waals surface area (Å²) in [5.41, 5.74) is 0.175. The Morgan fingerprint density at radius 3 is 2.32 bits per heavy atom. The minimum absolute atomic E-state index is 0.00349. The molecule has 0 aromatic carbocycles. The van der Waals surface area contributed by atoms with Crippen molar-refractivity contribution in [2.24, 2.45) is 28.6 Å². The molecule has 0 unspecified atom stereocenters. The summed E-state index contributed by atoms with van der Waals surface area (Å²) in [6, 6.07) is 0. The first-order valence-electron chi connectivity index (χ1n) is 13.9. The van der Waals surface area contributed by atoms with E-state index in [4.69, 9.17) is 4.74 Å². The monoisotopic (exact) mass is 526 g/mol. The minimum Gasteiger partial charge on any atom is -0.511 e. The Balaban J connectivity index is 2.30. The number of allylic oxidation sites excluding steroid dienone is 6. The third-order valence-electron chi connectivity index (χ3n) is 8.65. The summed E-state index contributed by atoms with van der Waals surface area (Å²) in [6.07, 6.45) is 4.41. The normalized spacial score (nSPS) is 28.7. The maximum atomic E-state index is 14.5. The summed E-state index contributed by atoms with van der Waals surface area (Å²) in [5, 5.41) is 21.9. The first-order chi connectivity index (χ1) is 17.5. The number of aliphatic hydroxyl groups excluding tert-OH is 1. The third kappa shape index (κ3) is 5.41. The van der Waals surface area contributed by atoms with Gasteiger partial charge in [-0.2, -0.15) is 0 Å². The zero-order valence-corrected chi connectivity index (χ0v) is 24.5. The molecule has 6 heteroatoms. The molecule has 1 fully saturated rings. The van der Waals surface area contributed by atoms with Crippen LogP contribution in [0.2, 0.25) is 0 Å². The number of ketones is 2. The number of carboxylic acid groups (broad SMARTS) is 1. The lowest BCUT2D eigenvalue weighted by Gasteiger charge is -2.55. The van der Waals surface area contributed by atoms with Gasteiger partial charge in [0, 0.05) is 11.5 Å². The Morgan fingerprint density at radius 2 is 1.82 bits per heavy atom. The summed E-state index contributed by atoms with van der Waals surface area (Å²) in [7, 11) is 0. The standard InChI is InChI=1S/C32H46O6/c1-10-11-20(14-23(34)35)24-27-25(22(33)17-31(8,9)38-27)29(37)32(28(24)36,13-12-18(2)3)16-21-15-30(6,7)26(21)19(4)5/h12,20-21,26,36H,4,10-11,13-17H2,1-3,5-9H3,(H,34,35)/t20-,21+,26+,32-/m1/s1. The molecule has 0 aromatic rings. The van der Waals surface area contributed by atoms with Gasteiger partial charge < -0.3 is 14.9 Å². The SMILES string of the molecule is C=C(C)[C@H]1[C@H](C[C@@]2(CC=C(C)C)C(=O)C3=C(OC(C)(C)CC3=O)C([C@H](CCC)CC(=O)O)=C2O)CC1(C)C. The van der Waals surface area contributed by atoms with Crippen molar-refractivity contribution in [3.8, 4) is 0 Å². The fraction of sp³-hybridized carbons (Fsp3) is 0.656. The number of hydrogen-bond acceptors (Lipinski definition) is 5. The van der Waals surface area contributed by atoms with E-state index in [-0.39, 0.29) is 59.4 Å². The maximum Gasteiger partial charge on any atom is 0.303 e. The molecule has 6 nitrogen and oxygen atoms in total. The fourth-order valence-corrected chi connectivity index (χ4v) is 7.33. The summed E-state index contributed by atoms with van der Waals surface area (Å²) >= 11 is 0. The van der Waals surface area contributed by atoms with E-state index < -0.39 is 28.7 Å². The summed E-state index contributed by atoms with van der Waals surface area (Å²) in [4.78, 5) is 40.0. The maximum absolute atomic E-state index is 14.5. The van der Waals surface area contributed by atoms with Crippen LogP contribution in [0.1, 0.15) is 100 Å². The van der Waals surface area contributed by atoms with Crippen LogP contribution in [0.4, 0.5) is 0 Å². The Morgan fingerprint density at radius 1 is 1.18 bits per heavy atom. The summed E-state index contributed by atoms with van der Waals surface area (Å²) in [6.45, 7) is 20.0. The summed E-state index contributed by atoms with van der Waals surface area (Å²) < 4.78 is 6.26. The van der Waals surface area contributed by atoms with Gasteiger partial charge in [0.15, 0.2) is 11.6 Å².